The molecule has 0 aliphatic heterocycles. The van der Waals surface area contributed by atoms with Crippen LogP contribution in [0.3, 0.4) is 0 Å². The molecule has 0 saturated carbocycles. The number of hydrogen-bond donors (Lipinski definition) is 1. The first-order chi connectivity index (χ1) is 9.17. The molecule has 0 spiro atoms. The molecule has 2 aromatic rings. The lowest BCUT2D eigenvalue weighted by molar-refractivity contribution is 0.384. The van der Waals surface area contributed by atoms with E-state index in [-0.39, 0.29) is 11.9 Å². The molecule has 4 nitrogen and oxygen atoms in total. The maximum absolute atomic E-state index is 13.3. The minimum atomic E-state index is -0.301. The standard InChI is InChI=1S/C13H13BrFN3O/c1-16-11(8-3-4-10(15)9(14)7-8)12-13(19-2)18-6-5-17-12/h3-7,11,16H,1-2H3. The summed E-state index contributed by atoms with van der Waals surface area (Å²) in [6.07, 6.45) is 3.16. The van der Waals surface area contributed by atoms with E-state index in [9.17, 15) is 4.39 Å². The van der Waals surface area contributed by atoms with Crippen LogP contribution in [-0.4, -0.2) is 24.1 Å². The molecule has 0 saturated heterocycles. The zero-order valence-corrected chi connectivity index (χ0v) is 12.1. The lowest BCUT2D eigenvalue weighted by Gasteiger charge is -2.18. The number of ether oxygens (including phenoxy) is 1. The average molecular weight is 326 g/mol. The van der Waals surface area contributed by atoms with Crippen molar-refractivity contribution in [1.82, 2.24) is 15.3 Å². The number of hydrogen-bond acceptors (Lipinski definition) is 4. The highest BCUT2D eigenvalue weighted by Gasteiger charge is 2.19. The smallest absolute Gasteiger partial charge is 0.237 e. The van der Waals surface area contributed by atoms with Gasteiger partial charge >= 0.3 is 0 Å². The van der Waals surface area contributed by atoms with Gasteiger partial charge in [-0.15, -0.1) is 0 Å². The van der Waals surface area contributed by atoms with Gasteiger partial charge in [0.25, 0.3) is 0 Å². The Labute approximate surface area is 119 Å². The molecule has 0 bridgehead atoms. The van der Waals surface area contributed by atoms with Crippen molar-refractivity contribution in [2.45, 2.75) is 6.04 Å². The molecular formula is C13H13BrFN3O. The van der Waals surface area contributed by atoms with Crippen LogP contribution >= 0.6 is 15.9 Å². The largest absolute Gasteiger partial charge is 0.480 e. The lowest BCUT2D eigenvalue weighted by Crippen LogP contribution is -2.20. The molecule has 1 N–H and O–H groups in total. The van der Waals surface area contributed by atoms with E-state index in [0.717, 1.165) is 5.56 Å². The van der Waals surface area contributed by atoms with Gasteiger partial charge in [-0.25, -0.2) is 9.37 Å². The van der Waals surface area contributed by atoms with Crippen molar-refractivity contribution in [2.75, 3.05) is 14.2 Å². The van der Waals surface area contributed by atoms with Crippen molar-refractivity contribution in [2.24, 2.45) is 0 Å². The number of benzene rings is 1. The molecule has 1 heterocycles. The van der Waals surface area contributed by atoms with Gasteiger partial charge in [-0.1, -0.05) is 6.07 Å². The van der Waals surface area contributed by atoms with Gasteiger partial charge in [0.2, 0.25) is 5.88 Å². The summed E-state index contributed by atoms with van der Waals surface area (Å²) in [7, 11) is 3.34. The summed E-state index contributed by atoms with van der Waals surface area (Å²) >= 11 is 3.18. The predicted molar refractivity (Wildman–Crippen MR) is 73.6 cm³/mol. The van der Waals surface area contributed by atoms with Crippen LogP contribution in [0.5, 0.6) is 5.88 Å². The van der Waals surface area contributed by atoms with Crippen molar-refractivity contribution >= 4 is 15.9 Å². The fourth-order valence-corrected chi connectivity index (χ4v) is 2.24. The highest BCUT2D eigenvalue weighted by atomic mass is 79.9. The first-order valence-electron chi connectivity index (χ1n) is 5.64. The molecular weight excluding hydrogens is 313 g/mol. The van der Waals surface area contributed by atoms with Crippen LogP contribution < -0.4 is 10.1 Å². The van der Waals surface area contributed by atoms with E-state index in [1.165, 1.54) is 6.07 Å². The van der Waals surface area contributed by atoms with Crippen molar-refractivity contribution < 1.29 is 9.13 Å². The third-order valence-electron chi connectivity index (χ3n) is 2.72. The summed E-state index contributed by atoms with van der Waals surface area (Å²) in [5.74, 6) is 0.145. The van der Waals surface area contributed by atoms with Gasteiger partial charge in [0.15, 0.2) is 0 Å². The first kappa shape index (κ1) is 13.9. The van der Waals surface area contributed by atoms with Crippen molar-refractivity contribution in [3.05, 3.63) is 52.1 Å². The van der Waals surface area contributed by atoms with Crippen LogP contribution in [-0.2, 0) is 0 Å². The van der Waals surface area contributed by atoms with Gasteiger partial charge in [0.05, 0.1) is 17.6 Å². The Kier molecular flexibility index (Phi) is 4.44. The van der Waals surface area contributed by atoms with E-state index in [1.807, 2.05) is 0 Å². The molecule has 0 fully saturated rings. The number of nitrogens with one attached hydrogen (secondary N) is 1. The van der Waals surface area contributed by atoms with Gasteiger partial charge in [-0.3, -0.25) is 4.98 Å². The Hall–Kier alpha value is -1.53. The maximum Gasteiger partial charge on any atom is 0.237 e. The normalized spacial score (nSPS) is 12.2. The second-order valence-corrected chi connectivity index (χ2v) is 4.70. The SMILES string of the molecule is CNC(c1ccc(F)c(Br)c1)c1nccnc1OC. The molecule has 1 aromatic heterocycles. The summed E-state index contributed by atoms with van der Waals surface area (Å²) in [5, 5.41) is 3.13. The number of halogens is 2. The van der Waals surface area contributed by atoms with Crippen molar-refractivity contribution in [3.63, 3.8) is 0 Å². The molecule has 100 valence electrons. The predicted octanol–water partition coefficient (Wildman–Crippen LogP) is 2.70. The van der Waals surface area contributed by atoms with Gasteiger partial charge in [-0.05, 0) is 40.7 Å². The van der Waals surface area contributed by atoms with Crippen LogP contribution in [0.1, 0.15) is 17.3 Å². The van der Waals surface area contributed by atoms with E-state index in [4.69, 9.17) is 4.74 Å². The molecule has 19 heavy (non-hydrogen) atoms. The van der Waals surface area contributed by atoms with E-state index in [1.54, 1.807) is 38.7 Å². The molecule has 1 aromatic carbocycles. The number of rotatable bonds is 4. The van der Waals surface area contributed by atoms with Crippen LogP contribution in [0.25, 0.3) is 0 Å². The highest BCUT2D eigenvalue weighted by molar-refractivity contribution is 9.10. The molecule has 0 aliphatic carbocycles. The topological polar surface area (TPSA) is 47.0 Å². The Bertz CT molecular complexity index is 580. The first-order valence-corrected chi connectivity index (χ1v) is 6.43. The molecule has 6 heteroatoms. The van der Waals surface area contributed by atoms with Crippen LogP contribution in [0.4, 0.5) is 4.39 Å². The lowest BCUT2D eigenvalue weighted by atomic mass is 10.0. The molecule has 0 amide bonds. The van der Waals surface area contributed by atoms with Crippen molar-refractivity contribution in [1.29, 1.82) is 0 Å². The van der Waals surface area contributed by atoms with E-state index < -0.39 is 0 Å². The minimum Gasteiger partial charge on any atom is -0.480 e. The average Bonchev–Trinajstić information content (AvgIpc) is 2.44. The number of aromatic nitrogens is 2. The molecule has 2 rings (SSSR count). The van der Waals surface area contributed by atoms with E-state index in [0.29, 0.717) is 16.0 Å². The number of nitrogens with zero attached hydrogens (tertiary/aromatic N) is 2. The molecule has 1 atom stereocenters. The highest BCUT2D eigenvalue weighted by Crippen LogP contribution is 2.28. The molecule has 1 unspecified atom stereocenters. The number of methoxy groups -OCH3 is 1. The fourth-order valence-electron chi connectivity index (χ4n) is 1.84. The van der Waals surface area contributed by atoms with Crippen LogP contribution in [0.15, 0.2) is 35.1 Å². The summed E-state index contributed by atoms with van der Waals surface area (Å²) in [4.78, 5) is 8.41. The second-order valence-electron chi connectivity index (χ2n) is 3.85. The van der Waals surface area contributed by atoms with Gasteiger partial charge < -0.3 is 10.1 Å². The maximum atomic E-state index is 13.3. The zero-order chi connectivity index (χ0) is 13.8. The van der Waals surface area contributed by atoms with E-state index >= 15 is 0 Å². The Morgan fingerprint density at radius 1 is 1.32 bits per heavy atom. The van der Waals surface area contributed by atoms with E-state index in [2.05, 4.69) is 31.2 Å². The Morgan fingerprint density at radius 3 is 2.68 bits per heavy atom. The van der Waals surface area contributed by atoms with Crippen LogP contribution in [0, 0.1) is 5.82 Å². The summed E-state index contributed by atoms with van der Waals surface area (Å²) in [6.45, 7) is 0. The Morgan fingerprint density at radius 2 is 2.05 bits per heavy atom. The van der Waals surface area contributed by atoms with Gasteiger partial charge in [0, 0.05) is 12.4 Å². The third kappa shape index (κ3) is 2.90. The van der Waals surface area contributed by atoms with Gasteiger partial charge in [0.1, 0.15) is 11.5 Å². The second kappa shape index (κ2) is 6.08. The summed E-state index contributed by atoms with van der Waals surface area (Å²) in [6, 6.07) is 4.60. The third-order valence-corrected chi connectivity index (χ3v) is 3.33. The fraction of sp³-hybridized carbons (Fsp3) is 0.231. The Balaban J connectivity index is 2.46. The summed E-state index contributed by atoms with van der Waals surface area (Å²) in [5.41, 5.74) is 1.53. The zero-order valence-electron chi connectivity index (χ0n) is 10.5. The van der Waals surface area contributed by atoms with Gasteiger partial charge in [-0.2, -0.15) is 0 Å². The monoisotopic (exact) mass is 325 g/mol. The molecule has 0 radical (unpaired) electrons. The quantitative estimate of drug-likeness (QED) is 0.938. The minimum absolute atomic E-state index is 0.222. The van der Waals surface area contributed by atoms with Crippen molar-refractivity contribution in [3.8, 4) is 5.88 Å². The summed E-state index contributed by atoms with van der Waals surface area (Å²) < 4.78 is 18.9. The molecule has 0 aliphatic rings. The van der Waals surface area contributed by atoms with Crippen LogP contribution in [0.2, 0.25) is 0 Å².